The van der Waals surface area contributed by atoms with Gasteiger partial charge in [-0.1, -0.05) is 26.0 Å². The summed E-state index contributed by atoms with van der Waals surface area (Å²) in [4.78, 5) is 23.9. The average molecular weight is 546 g/mol. The molecule has 214 valence electrons. The highest BCUT2D eigenvalue weighted by atomic mass is 16.5. The SMILES string of the molecule is Cc1nc(C)c([C@H](OC(C)(C)C)C(=O)O)c(N2CCC(C)(C)CC2)c1-c1ccc(OCCc2ccncc2)cc1. The molecule has 0 bridgehead atoms. The van der Waals surface area contributed by atoms with Gasteiger partial charge in [-0.25, -0.2) is 4.79 Å². The van der Waals surface area contributed by atoms with Crippen LogP contribution in [0.15, 0.2) is 48.8 Å². The number of benzene rings is 1. The molecule has 0 saturated carbocycles. The minimum Gasteiger partial charge on any atom is -0.493 e. The van der Waals surface area contributed by atoms with Gasteiger partial charge in [0, 0.05) is 54.4 Å². The second-order valence-corrected chi connectivity index (χ2v) is 12.5. The van der Waals surface area contributed by atoms with E-state index < -0.39 is 17.7 Å². The van der Waals surface area contributed by atoms with Crippen molar-refractivity contribution in [3.8, 4) is 16.9 Å². The van der Waals surface area contributed by atoms with Crippen LogP contribution in [-0.4, -0.2) is 46.3 Å². The zero-order chi connectivity index (χ0) is 29.1. The van der Waals surface area contributed by atoms with Crippen LogP contribution in [0, 0.1) is 19.3 Å². The van der Waals surface area contributed by atoms with Gasteiger partial charge in [-0.2, -0.15) is 0 Å². The average Bonchev–Trinajstić information content (AvgIpc) is 2.88. The number of piperidine rings is 1. The monoisotopic (exact) mass is 545 g/mol. The van der Waals surface area contributed by atoms with Crippen molar-refractivity contribution in [3.63, 3.8) is 0 Å². The smallest absolute Gasteiger partial charge is 0.337 e. The van der Waals surface area contributed by atoms with Crippen LogP contribution in [0.5, 0.6) is 5.75 Å². The summed E-state index contributed by atoms with van der Waals surface area (Å²) >= 11 is 0. The molecule has 0 aliphatic carbocycles. The molecule has 0 spiro atoms. The fourth-order valence-electron chi connectivity index (χ4n) is 5.31. The Morgan fingerprint density at radius 2 is 1.65 bits per heavy atom. The maximum Gasteiger partial charge on any atom is 0.337 e. The Labute approximate surface area is 238 Å². The van der Waals surface area contributed by atoms with E-state index in [9.17, 15) is 9.90 Å². The molecular weight excluding hydrogens is 502 g/mol. The summed E-state index contributed by atoms with van der Waals surface area (Å²) in [6.07, 6.45) is 5.29. The fourth-order valence-corrected chi connectivity index (χ4v) is 5.31. The zero-order valence-corrected chi connectivity index (χ0v) is 25.0. The van der Waals surface area contributed by atoms with E-state index in [1.54, 1.807) is 12.4 Å². The van der Waals surface area contributed by atoms with E-state index in [1.165, 1.54) is 5.56 Å². The van der Waals surface area contributed by atoms with Crippen LogP contribution in [0.3, 0.4) is 0 Å². The maximum absolute atomic E-state index is 12.7. The Kier molecular flexibility index (Phi) is 8.83. The third-order valence-electron chi connectivity index (χ3n) is 7.52. The van der Waals surface area contributed by atoms with E-state index >= 15 is 0 Å². The molecule has 1 aromatic carbocycles. The summed E-state index contributed by atoms with van der Waals surface area (Å²) in [5, 5.41) is 10.4. The Morgan fingerprint density at radius 1 is 1.02 bits per heavy atom. The summed E-state index contributed by atoms with van der Waals surface area (Å²) in [5.41, 5.74) is 5.83. The number of nitrogens with zero attached hydrogens (tertiary/aromatic N) is 3. The first-order valence-corrected chi connectivity index (χ1v) is 14.1. The van der Waals surface area contributed by atoms with E-state index in [4.69, 9.17) is 14.5 Å². The summed E-state index contributed by atoms with van der Waals surface area (Å²) in [5.74, 6) is -0.220. The lowest BCUT2D eigenvalue weighted by Gasteiger charge is -2.41. The van der Waals surface area contributed by atoms with Crippen molar-refractivity contribution >= 4 is 11.7 Å². The van der Waals surface area contributed by atoms with Crippen molar-refractivity contribution in [3.05, 3.63) is 71.3 Å². The number of aromatic nitrogens is 2. The molecule has 7 nitrogen and oxygen atoms in total. The van der Waals surface area contributed by atoms with Crippen molar-refractivity contribution in [2.45, 2.75) is 79.4 Å². The molecule has 3 aromatic rings. The molecule has 1 aliphatic heterocycles. The standard InChI is InChI=1S/C33H43N3O4/c1-22-27(25-8-10-26(11-9-25)39-21-14-24-12-17-34-18-13-24)29(36-19-15-33(6,7)16-20-36)28(23(2)35-22)30(31(37)38)40-32(3,4)5/h8-13,17-18,30H,14-16,19-21H2,1-7H3,(H,37,38)/t30-/m0/s1. The van der Waals surface area contributed by atoms with Crippen LogP contribution in [-0.2, 0) is 16.0 Å². The lowest BCUT2D eigenvalue weighted by molar-refractivity contribution is -0.160. The second-order valence-electron chi connectivity index (χ2n) is 12.5. The molecule has 1 atom stereocenters. The van der Waals surface area contributed by atoms with Gasteiger partial charge in [0.2, 0.25) is 0 Å². The summed E-state index contributed by atoms with van der Waals surface area (Å²) in [7, 11) is 0. The van der Waals surface area contributed by atoms with Gasteiger partial charge in [0.25, 0.3) is 0 Å². The Morgan fingerprint density at radius 3 is 2.23 bits per heavy atom. The normalized spacial score (nSPS) is 16.0. The molecule has 3 heterocycles. The zero-order valence-electron chi connectivity index (χ0n) is 25.0. The van der Waals surface area contributed by atoms with Gasteiger partial charge >= 0.3 is 5.97 Å². The minimum atomic E-state index is -1.13. The third-order valence-corrected chi connectivity index (χ3v) is 7.52. The molecule has 1 fully saturated rings. The second kappa shape index (κ2) is 12.0. The molecule has 2 aromatic heterocycles. The summed E-state index contributed by atoms with van der Waals surface area (Å²) < 4.78 is 12.2. The molecule has 0 unspecified atom stereocenters. The van der Waals surface area contributed by atoms with Gasteiger partial charge in [-0.3, -0.25) is 9.97 Å². The Balaban J connectivity index is 1.74. The molecular formula is C33H43N3O4. The van der Waals surface area contributed by atoms with Crippen molar-refractivity contribution in [1.29, 1.82) is 0 Å². The van der Waals surface area contributed by atoms with Crippen molar-refractivity contribution in [2.24, 2.45) is 5.41 Å². The van der Waals surface area contributed by atoms with Gasteiger partial charge < -0.3 is 19.5 Å². The number of carboxylic acids is 1. The maximum atomic E-state index is 12.7. The topological polar surface area (TPSA) is 84.8 Å². The summed E-state index contributed by atoms with van der Waals surface area (Å²) in [6.45, 7) is 16.4. The minimum absolute atomic E-state index is 0.247. The van der Waals surface area contributed by atoms with Crippen LogP contribution in [0.1, 0.15) is 76.1 Å². The third kappa shape index (κ3) is 7.19. The molecule has 1 N–H and O–H groups in total. The van der Waals surface area contributed by atoms with Crippen molar-refractivity contribution in [1.82, 2.24) is 9.97 Å². The molecule has 0 radical (unpaired) electrons. The highest BCUT2D eigenvalue weighted by molar-refractivity contribution is 5.88. The summed E-state index contributed by atoms with van der Waals surface area (Å²) in [6, 6.07) is 12.0. The van der Waals surface area contributed by atoms with E-state index in [0.29, 0.717) is 17.9 Å². The molecule has 7 heteroatoms. The van der Waals surface area contributed by atoms with E-state index in [1.807, 2.05) is 71.0 Å². The van der Waals surface area contributed by atoms with Gasteiger partial charge in [-0.15, -0.1) is 0 Å². The van der Waals surface area contributed by atoms with Crippen LogP contribution in [0.4, 0.5) is 5.69 Å². The highest BCUT2D eigenvalue weighted by Gasteiger charge is 2.36. The Bertz CT molecular complexity index is 1300. The Hall–Kier alpha value is -3.45. The van der Waals surface area contributed by atoms with Crippen LogP contribution < -0.4 is 9.64 Å². The number of ether oxygens (including phenoxy) is 2. The predicted molar refractivity (Wildman–Crippen MR) is 159 cm³/mol. The molecule has 4 rings (SSSR count). The lowest BCUT2D eigenvalue weighted by atomic mass is 9.82. The molecule has 1 aliphatic rings. The molecule has 1 saturated heterocycles. The predicted octanol–water partition coefficient (Wildman–Crippen LogP) is 6.95. The number of carboxylic acid groups (broad SMARTS) is 1. The van der Waals surface area contributed by atoms with E-state index in [-0.39, 0.29) is 5.41 Å². The first kappa shape index (κ1) is 29.5. The number of rotatable bonds is 9. The van der Waals surface area contributed by atoms with E-state index in [0.717, 1.165) is 60.6 Å². The number of pyridine rings is 2. The lowest BCUT2D eigenvalue weighted by Crippen LogP contribution is -2.39. The molecule has 0 amide bonds. The number of aryl methyl sites for hydroxylation is 2. The number of carbonyl (C=O) groups is 1. The number of hydrogen-bond donors (Lipinski definition) is 1. The van der Waals surface area contributed by atoms with Gasteiger partial charge in [-0.05, 0) is 88.3 Å². The molecule has 40 heavy (non-hydrogen) atoms. The fraction of sp³-hybridized carbons (Fsp3) is 0.485. The largest absolute Gasteiger partial charge is 0.493 e. The number of hydrogen-bond acceptors (Lipinski definition) is 6. The first-order chi connectivity index (χ1) is 18.8. The van der Waals surface area contributed by atoms with Gasteiger partial charge in [0.15, 0.2) is 6.10 Å². The quantitative estimate of drug-likeness (QED) is 0.311. The first-order valence-electron chi connectivity index (χ1n) is 14.1. The highest BCUT2D eigenvalue weighted by Crippen LogP contribution is 2.45. The number of anilines is 1. The van der Waals surface area contributed by atoms with Crippen molar-refractivity contribution in [2.75, 3.05) is 24.6 Å². The van der Waals surface area contributed by atoms with Gasteiger partial charge in [0.1, 0.15) is 5.75 Å². The van der Waals surface area contributed by atoms with Crippen molar-refractivity contribution < 1.29 is 19.4 Å². The van der Waals surface area contributed by atoms with Gasteiger partial charge in [0.05, 0.1) is 17.9 Å². The van der Waals surface area contributed by atoms with Crippen LogP contribution >= 0.6 is 0 Å². The van der Waals surface area contributed by atoms with Crippen LogP contribution in [0.25, 0.3) is 11.1 Å². The van der Waals surface area contributed by atoms with Crippen LogP contribution in [0.2, 0.25) is 0 Å². The number of aliphatic carboxylic acids is 1. The van der Waals surface area contributed by atoms with E-state index in [2.05, 4.69) is 23.7 Å².